The van der Waals surface area contributed by atoms with Gasteiger partial charge in [0.1, 0.15) is 0 Å². The van der Waals surface area contributed by atoms with E-state index in [1.165, 1.54) is 35.1 Å². The Morgan fingerprint density at radius 2 is 1.73 bits per heavy atom. The molecule has 0 amide bonds. The van der Waals surface area contributed by atoms with Crippen molar-refractivity contribution in [3.8, 4) is 11.3 Å². The third-order valence-corrected chi connectivity index (χ3v) is 6.76. The van der Waals surface area contributed by atoms with Crippen LogP contribution in [0.25, 0.3) is 11.3 Å². The van der Waals surface area contributed by atoms with Crippen molar-refractivity contribution in [3.63, 3.8) is 0 Å². The number of benzene rings is 2. The molecule has 0 aliphatic rings. The van der Waals surface area contributed by atoms with E-state index < -0.39 is 10.0 Å². The number of hydrogen-bond donors (Lipinski definition) is 1. The Morgan fingerprint density at radius 1 is 1.04 bits per heavy atom. The Hall–Kier alpha value is -1.60. The quantitative estimate of drug-likeness (QED) is 0.540. The van der Waals surface area contributed by atoms with Crippen molar-refractivity contribution in [1.82, 2.24) is 4.98 Å². The van der Waals surface area contributed by atoms with Crippen molar-refractivity contribution in [2.75, 3.05) is 4.72 Å². The molecule has 26 heavy (non-hydrogen) atoms. The number of aromatic nitrogens is 1. The van der Waals surface area contributed by atoms with Crippen LogP contribution in [0, 0.1) is 0 Å². The highest BCUT2D eigenvalue weighted by Crippen LogP contribution is 2.29. The highest BCUT2D eigenvalue weighted by molar-refractivity contribution is 7.93. The predicted molar refractivity (Wildman–Crippen MR) is 109 cm³/mol. The van der Waals surface area contributed by atoms with Gasteiger partial charge < -0.3 is 0 Å². The molecule has 0 aliphatic carbocycles. The summed E-state index contributed by atoms with van der Waals surface area (Å²) in [4.78, 5) is 4.41. The fourth-order valence-corrected chi connectivity index (χ4v) is 4.67. The highest BCUT2D eigenvalue weighted by Gasteiger charge is 2.18. The van der Waals surface area contributed by atoms with Crippen molar-refractivity contribution < 1.29 is 8.42 Å². The summed E-state index contributed by atoms with van der Waals surface area (Å²) in [5, 5.41) is 2.59. The van der Waals surface area contributed by atoms with Crippen molar-refractivity contribution in [2.24, 2.45) is 0 Å². The zero-order valence-corrected chi connectivity index (χ0v) is 17.2. The molecule has 0 radical (unpaired) electrons. The van der Waals surface area contributed by atoms with Gasteiger partial charge in [0.05, 0.1) is 20.6 Å². The van der Waals surface area contributed by atoms with Gasteiger partial charge in [0.2, 0.25) is 0 Å². The first-order valence-electron chi connectivity index (χ1n) is 7.80. The van der Waals surface area contributed by atoms with E-state index in [0.717, 1.165) is 11.3 Å². The summed E-state index contributed by atoms with van der Waals surface area (Å²) in [6.07, 6.45) is 0. The van der Waals surface area contributed by atoms with E-state index in [9.17, 15) is 8.42 Å². The monoisotopic (exact) mass is 426 g/mol. The largest absolute Gasteiger partial charge is 0.263 e. The Kier molecular flexibility index (Phi) is 5.58. The maximum Gasteiger partial charge on any atom is 0.263 e. The minimum Gasteiger partial charge on any atom is -0.255 e. The number of nitrogens with zero attached hydrogens (tertiary/aromatic N) is 1. The summed E-state index contributed by atoms with van der Waals surface area (Å²) in [6.45, 7) is 4.27. The van der Waals surface area contributed by atoms with Gasteiger partial charge in [-0.2, -0.15) is 0 Å². The minimum absolute atomic E-state index is 0.0323. The molecular formula is C18H16Cl2N2O2S2. The Bertz CT molecular complexity index is 1030. The van der Waals surface area contributed by atoms with Crippen LogP contribution in [0.5, 0.6) is 0 Å². The lowest BCUT2D eigenvalue weighted by atomic mass is 10.0. The number of hydrogen-bond acceptors (Lipinski definition) is 4. The van der Waals surface area contributed by atoms with Crippen molar-refractivity contribution in [1.29, 1.82) is 0 Å². The smallest absolute Gasteiger partial charge is 0.255 e. The molecule has 2 aromatic carbocycles. The van der Waals surface area contributed by atoms with Crippen molar-refractivity contribution >= 4 is 49.7 Å². The van der Waals surface area contributed by atoms with E-state index in [4.69, 9.17) is 23.2 Å². The van der Waals surface area contributed by atoms with E-state index in [1.807, 2.05) is 17.5 Å². The molecule has 0 unspecified atom stereocenters. The molecular weight excluding hydrogens is 411 g/mol. The molecule has 4 nitrogen and oxygen atoms in total. The van der Waals surface area contributed by atoms with Gasteiger partial charge in [-0.25, -0.2) is 13.4 Å². The van der Waals surface area contributed by atoms with E-state index in [-0.39, 0.29) is 9.92 Å². The first kappa shape index (κ1) is 19.2. The second kappa shape index (κ2) is 7.56. The number of thiazole rings is 1. The van der Waals surface area contributed by atoms with Gasteiger partial charge in [-0.05, 0) is 29.7 Å². The normalized spacial score (nSPS) is 11.7. The average molecular weight is 427 g/mol. The highest BCUT2D eigenvalue weighted by atomic mass is 35.5. The summed E-state index contributed by atoms with van der Waals surface area (Å²) in [6, 6.07) is 12.2. The van der Waals surface area contributed by atoms with Gasteiger partial charge in [-0.1, -0.05) is 61.3 Å². The maximum atomic E-state index is 12.5. The molecule has 3 rings (SSSR count). The lowest BCUT2D eigenvalue weighted by Gasteiger charge is -2.06. The van der Waals surface area contributed by atoms with Crippen LogP contribution in [0.15, 0.2) is 52.7 Å². The molecule has 0 aliphatic heterocycles. The topological polar surface area (TPSA) is 59.1 Å². The zero-order valence-electron chi connectivity index (χ0n) is 14.0. The van der Waals surface area contributed by atoms with E-state index >= 15 is 0 Å². The van der Waals surface area contributed by atoms with Gasteiger partial charge in [-0.15, -0.1) is 11.3 Å². The van der Waals surface area contributed by atoms with Crippen molar-refractivity contribution in [3.05, 3.63) is 63.5 Å². The fourth-order valence-electron chi connectivity index (χ4n) is 2.31. The zero-order chi connectivity index (χ0) is 18.9. The average Bonchev–Trinajstić information content (AvgIpc) is 3.05. The van der Waals surface area contributed by atoms with Crippen LogP contribution < -0.4 is 4.72 Å². The third-order valence-electron chi connectivity index (χ3n) is 3.80. The molecule has 0 saturated heterocycles. The number of nitrogens with one attached hydrogen (secondary N) is 1. The van der Waals surface area contributed by atoms with Crippen molar-refractivity contribution in [2.45, 2.75) is 24.7 Å². The van der Waals surface area contributed by atoms with Crippen LogP contribution in [0.1, 0.15) is 25.3 Å². The van der Waals surface area contributed by atoms with Crippen LogP contribution in [-0.2, 0) is 10.0 Å². The molecule has 8 heteroatoms. The molecule has 0 atom stereocenters. The third kappa shape index (κ3) is 4.20. The molecule has 1 aromatic heterocycles. The molecule has 0 fully saturated rings. The number of sulfonamides is 1. The van der Waals surface area contributed by atoms with Gasteiger partial charge in [0.25, 0.3) is 10.0 Å². The van der Waals surface area contributed by atoms with Gasteiger partial charge in [-0.3, -0.25) is 4.72 Å². The van der Waals surface area contributed by atoms with E-state index in [2.05, 4.69) is 35.7 Å². The molecule has 136 valence electrons. The molecule has 0 bridgehead atoms. The predicted octanol–water partition coefficient (Wildman–Crippen LogP) is 6.04. The summed E-state index contributed by atoms with van der Waals surface area (Å²) in [7, 11) is -3.78. The standard InChI is InChI=1S/C18H16Cl2N2O2S2/c1-11(2)12-3-5-13(6-4-12)17-10-25-18(21-17)22-26(23,24)14-7-8-15(19)16(20)9-14/h3-11H,1-2H3,(H,21,22). The Balaban J connectivity index is 1.82. The summed E-state index contributed by atoms with van der Waals surface area (Å²) in [5.41, 5.74) is 2.90. The van der Waals surface area contributed by atoms with Crippen LogP contribution in [0.2, 0.25) is 10.0 Å². The number of rotatable bonds is 5. The second-order valence-electron chi connectivity index (χ2n) is 6.00. The summed E-state index contributed by atoms with van der Waals surface area (Å²) >= 11 is 13.0. The first-order chi connectivity index (χ1) is 12.3. The van der Waals surface area contributed by atoms with E-state index in [1.54, 1.807) is 0 Å². The molecule has 1 heterocycles. The SMILES string of the molecule is CC(C)c1ccc(-c2csc(NS(=O)(=O)c3ccc(Cl)c(Cl)c3)n2)cc1. The van der Waals surface area contributed by atoms with Gasteiger partial charge >= 0.3 is 0 Å². The van der Waals surface area contributed by atoms with Crippen LogP contribution in [0.3, 0.4) is 0 Å². The van der Waals surface area contributed by atoms with Gasteiger partial charge in [0, 0.05) is 10.9 Å². The maximum absolute atomic E-state index is 12.5. The Labute approximate surface area is 166 Å². The second-order valence-corrected chi connectivity index (χ2v) is 9.35. The number of anilines is 1. The summed E-state index contributed by atoms with van der Waals surface area (Å²) in [5.74, 6) is 0.452. The first-order valence-corrected chi connectivity index (χ1v) is 10.9. The van der Waals surface area contributed by atoms with Crippen LogP contribution >= 0.6 is 34.5 Å². The fraction of sp³-hybridized carbons (Fsp3) is 0.167. The lowest BCUT2D eigenvalue weighted by molar-refractivity contribution is 0.601. The Morgan fingerprint density at radius 3 is 2.35 bits per heavy atom. The molecule has 1 N–H and O–H groups in total. The van der Waals surface area contributed by atoms with Crippen LogP contribution in [-0.4, -0.2) is 13.4 Å². The lowest BCUT2D eigenvalue weighted by Crippen LogP contribution is -2.12. The molecule has 0 spiro atoms. The van der Waals surface area contributed by atoms with Crippen LogP contribution in [0.4, 0.5) is 5.13 Å². The molecule has 0 saturated carbocycles. The molecule has 3 aromatic rings. The summed E-state index contributed by atoms with van der Waals surface area (Å²) < 4.78 is 27.4. The van der Waals surface area contributed by atoms with Gasteiger partial charge in [0.15, 0.2) is 5.13 Å². The van der Waals surface area contributed by atoms with E-state index in [0.29, 0.717) is 16.1 Å². The number of halogens is 2. The minimum atomic E-state index is -3.78.